The van der Waals surface area contributed by atoms with Gasteiger partial charge in [-0.05, 0) is 30.4 Å². The first-order chi connectivity index (χ1) is 9.79. The number of nitrogen functional groups attached to an aromatic ring is 1. The summed E-state index contributed by atoms with van der Waals surface area (Å²) in [5, 5.41) is 1.14. The van der Waals surface area contributed by atoms with Gasteiger partial charge in [0.15, 0.2) is 0 Å². The third-order valence-corrected chi connectivity index (χ3v) is 4.64. The van der Waals surface area contributed by atoms with Gasteiger partial charge in [-0.25, -0.2) is 0 Å². The van der Waals surface area contributed by atoms with Gasteiger partial charge in [0.2, 0.25) is 0 Å². The number of nitrogens with two attached hydrogens (primary N) is 1. The molecule has 3 rings (SSSR count). The number of rotatable bonds is 3. The highest BCUT2D eigenvalue weighted by Crippen LogP contribution is 2.39. The van der Waals surface area contributed by atoms with Crippen LogP contribution in [0.4, 0.5) is 10.8 Å². The maximum atomic E-state index is 6.05. The van der Waals surface area contributed by atoms with Crippen LogP contribution >= 0.6 is 11.5 Å². The number of hydrogen-bond acceptors (Lipinski definition) is 6. The summed E-state index contributed by atoms with van der Waals surface area (Å²) in [5.41, 5.74) is 8.10. The molecule has 1 saturated heterocycles. The maximum Gasteiger partial charge on any atom is 0.147 e. The van der Waals surface area contributed by atoms with Gasteiger partial charge in [0.1, 0.15) is 10.8 Å². The average molecular weight is 290 g/mol. The van der Waals surface area contributed by atoms with E-state index in [1.165, 1.54) is 11.5 Å². The number of nitrogens with zero attached hydrogens (tertiary/aromatic N) is 3. The van der Waals surface area contributed by atoms with Gasteiger partial charge < -0.3 is 15.4 Å². The van der Waals surface area contributed by atoms with Crippen LogP contribution in [0, 0.1) is 0 Å². The molecule has 0 aromatic carbocycles. The molecular weight excluding hydrogens is 272 g/mol. The zero-order valence-electron chi connectivity index (χ0n) is 11.5. The Hall–Kier alpha value is -1.66. The zero-order valence-corrected chi connectivity index (χ0v) is 12.3. The Labute approximate surface area is 122 Å². The highest BCUT2D eigenvalue weighted by Gasteiger charge is 2.24. The summed E-state index contributed by atoms with van der Waals surface area (Å²) in [6.07, 6.45) is 6.06. The van der Waals surface area contributed by atoms with Gasteiger partial charge in [0, 0.05) is 38.2 Å². The topological polar surface area (TPSA) is 64.3 Å². The molecule has 1 fully saturated rings. The lowest BCUT2D eigenvalue weighted by Crippen LogP contribution is -2.36. The maximum absolute atomic E-state index is 6.05. The fourth-order valence-electron chi connectivity index (χ4n) is 2.59. The smallest absolute Gasteiger partial charge is 0.147 e. The highest BCUT2D eigenvalue weighted by atomic mass is 32.1. The Kier molecular flexibility index (Phi) is 3.84. The van der Waals surface area contributed by atoms with Crippen LogP contribution in [-0.4, -0.2) is 35.7 Å². The van der Waals surface area contributed by atoms with Crippen molar-refractivity contribution in [3.63, 3.8) is 0 Å². The van der Waals surface area contributed by atoms with E-state index in [0.29, 0.717) is 11.9 Å². The molecule has 0 spiro atoms. The Bertz CT molecular complexity index is 564. The molecule has 106 valence electrons. The van der Waals surface area contributed by atoms with Crippen LogP contribution < -0.4 is 10.6 Å². The van der Waals surface area contributed by atoms with Crippen LogP contribution in [0.1, 0.15) is 12.8 Å². The molecule has 0 unspecified atom stereocenters. The van der Waals surface area contributed by atoms with Crippen LogP contribution in [0.15, 0.2) is 24.5 Å². The molecule has 3 heterocycles. The lowest BCUT2D eigenvalue weighted by atomic mass is 10.1. The van der Waals surface area contributed by atoms with E-state index in [1.54, 1.807) is 13.3 Å². The minimum absolute atomic E-state index is 0.373. The molecule has 0 saturated carbocycles. The number of pyridine rings is 1. The molecule has 0 radical (unpaired) electrons. The van der Waals surface area contributed by atoms with E-state index in [4.69, 9.17) is 10.5 Å². The molecule has 0 aliphatic carbocycles. The Balaban J connectivity index is 1.88. The van der Waals surface area contributed by atoms with Crippen molar-refractivity contribution < 1.29 is 4.74 Å². The van der Waals surface area contributed by atoms with E-state index in [1.807, 2.05) is 18.3 Å². The molecule has 5 nitrogen and oxygen atoms in total. The molecule has 2 N–H and O–H groups in total. The molecule has 0 amide bonds. The Morgan fingerprint density at radius 2 is 2.20 bits per heavy atom. The van der Waals surface area contributed by atoms with E-state index in [9.17, 15) is 0 Å². The number of piperidine rings is 1. The van der Waals surface area contributed by atoms with Gasteiger partial charge in [-0.3, -0.25) is 4.98 Å². The van der Waals surface area contributed by atoms with Gasteiger partial charge >= 0.3 is 0 Å². The summed E-state index contributed by atoms with van der Waals surface area (Å²) in [6.45, 7) is 1.96. The summed E-state index contributed by atoms with van der Waals surface area (Å²) < 4.78 is 9.75. The van der Waals surface area contributed by atoms with Crippen molar-refractivity contribution in [2.75, 3.05) is 30.8 Å². The van der Waals surface area contributed by atoms with Crippen LogP contribution in [0.3, 0.4) is 0 Å². The van der Waals surface area contributed by atoms with Crippen LogP contribution in [0.25, 0.3) is 11.1 Å². The molecule has 1 aliphatic rings. The lowest BCUT2D eigenvalue weighted by Gasteiger charge is -2.32. The van der Waals surface area contributed by atoms with E-state index in [0.717, 1.165) is 42.1 Å². The lowest BCUT2D eigenvalue weighted by molar-refractivity contribution is 0.0820. The second-order valence-corrected chi connectivity index (χ2v) is 5.66. The molecule has 6 heteroatoms. The summed E-state index contributed by atoms with van der Waals surface area (Å²) >= 11 is 1.47. The van der Waals surface area contributed by atoms with Crippen LogP contribution in [-0.2, 0) is 4.74 Å². The van der Waals surface area contributed by atoms with Crippen molar-refractivity contribution in [2.45, 2.75) is 18.9 Å². The standard InChI is InChI=1S/C14H18N4OS/c1-19-11-4-7-18(8-5-11)14-12(13(15)17-20-14)10-3-2-6-16-9-10/h2-3,6,9,11H,4-5,7-8H2,1H3,(H2,15,17). The monoisotopic (exact) mass is 290 g/mol. The number of ether oxygens (including phenoxy) is 1. The van der Waals surface area contributed by atoms with Gasteiger partial charge in [-0.2, -0.15) is 4.37 Å². The summed E-state index contributed by atoms with van der Waals surface area (Å²) in [5.74, 6) is 0.590. The molecule has 20 heavy (non-hydrogen) atoms. The summed E-state index contributed by atoms with van der Waals surface area (Å²) in [6, 6.07) is 3.95. The minimum Gasteiger partial charge on any atom is -0.382 e. The second-order valence-electron chi connectivity index (χ2n) is 4.91. The van der Waals surface area contributed by atoms with Crippen molar-refractivity contribution in [3.05, 3.63) is 24.5 Å². The van der Waals surface area contributed by atoms with Crippen molar-refractivity contribution in [1.29, 1.82) is 0 Å². The number of anilines is 2. The molecule has 0 atom stereocenters. The molecule has 2 aromatic rings. The van der Waals surface area contributed by atoms with E-state index in [2.05, 4.69) is 14.3 Å². The summed E-state index contributed by atoms with van der Waals surface area (Å²) in [4.78, 5) is 6.53. The average Bonchev–Trinajstić information content (AvgIpc) is 2.90. The quantitative estimate of drug-likeness (QED) is 0.940. The minimum atomic E-state index is 0.373. The first-order valence-electron chi connectivity index (χ1n) is 6.73. The SMILES string of the molecule is COC1CCN(c2snc(N)c2-c2cccnc2)CC1. The fraction of sp³-hybridized carbons (Fsp3) is 0.429. The Morgan fingerprint density at radius 3 is 2.85 bits per heavy atom. The third-order valence-electron chi connectivity index (χ3n) is 3.71. The summed E-state index contributed by atoms with van der Waals surface area (Å²) in [7, 11) is 1.78. The largest absolute Gasteiger partial charge is 0.382 e. The van der Waals surface area contributed by atoms with Gasteiger partial charge in [0.05, 0.1) is 11.7 Å². The van der Waals surface area contributed by atoms with Gasteiger partial charge in [-0.15, -0.1) is 0 Å². The number of aromatic nitrogens is 2. The van der Waals surface area contributed by atoms with E-state index in [-0.39, 0.29) is 0 Å². The van der Waals surface area contributed by atoms with Gasteiger partial charge in [-0.1, -0.05) is 6.07 Å². The highest BCUT2D eigenvalue weighted by molar-refractivity contribution is 7.11. The fourth-order valence-corrected chi connectivity index (χ4v) is 3.47. The van der Waals surface area contributed by atoms with Crippen molar-refractivity contribution in [1.82, 2.24) is 9.36 Å². The number of hydrogen-bond donors (Lipinski definition) is 1. The molecular formula is C14H18N4OS. The first-order valence-corrected chi connectivity index (χ1v) is 7.50. The first kappa shape index (κ1) is 13.3. The van der Waals surface area contributed by atoms with Crippen LogP contribution in [0.5, 0.6) is 0 Å². The molecule has 1 aliphatic heterocycles. The van der Waals surface area contributed by atoms with E-state index >= 15 is 0 Å². The zero-order chi connectivity index (χ0) is 13.9. The van der Waals surface area contributed by atoms with Crippen LogP contribution in [0.2, 0.25) is 0 Å². The third kappa shape index (κ3) is 2.48. The predicted molar refractivity (Wildman–Crippen MR) is 82.0 cm³/mol. The Morgan fingerprint density at radius 1 is 1.40 bits per heavy atom. The van der Waals surface area contributed by atoms with Crippen molar-refractivity contribution >= 4 is 22.4 Å². The van der Waals surface area contributed by atoms with Gasteiger partial charge in [0.25, 0.3) is 0 Å². The van der Waals surface area contributed by atoms with Crippen molar-refractivity contribution in [2.24, 2.45) is 0 Å². The van der Waals surface area contributed by atoms with Crippen molar-refractivity contribution in [3.8, 4) is 11.1 Å². The predicted octanol–water partition coefficient (Wildman–Crippen LogP) is 2.40. The second kappa shape index (κ2) is 5.76. The molecule has 2 aromatic heterocycles. The number of methoxy groups -OCH3 is 1. The van der Waals surface area contributed by atoms with E-state index < -0.39 is 0 Å². The molecule has 0 bridgehead atoms. The normalized spacial score (nSPS) is 16.6.